The van der Waals surface area contributed by atoms with Crippen molar-refractivity contribution in [3.8, 4) is 0 Å². The predicted octanol–water partition coefficient (Wildman–Crippen LogP) is 3.62. The number of thiol groups is 1. The van der Waals surface area contributed by atoms with E-state index in [0.717, 1.165) is 21.5 Å². The molecule has 0 saturated carbocycles. The molecule has 2 amide bonds. The molecule has 1 fully saturated rings. The van der Waals surface area contributed by atoms with Gasteiger partial charge >= 0.3 is 0 Å². The van der Waals surface area contributed by atoms with Crippen LogP contribution in [-0.4, -0.2) is 28.8 Å². The Bertz CT molecular complexity index is 1060. The second kappa shape index (κ2) is 8.15. The SMILES string of the molecule is NC(=O)c1csc(N(c2ccc(Br)cc2)c2ccc(N3C(=O)CNC3S)cc2)n1. The average molecular weight is 490 g/mol. The molecule has 3 aromatic rings. The Morgan fingerprint density at radius 3 is 2.34 bits per heavy atom. The van der Waals surface area contributed by atoms with Gasteiger partial charge in [0.1, 0.15) is 11.2 Å². The van der Waals surface area contributed by atoms with E-state index in [0.29, 0.717) is 5.13 Å². The first-order valence-electron chi connectivity index (χ1n) is 8.58. The van der Waals surface area contributed by atoms with Crippen LogP contribution in [0.1, 0.15) is 10.5 Å². The van der Waals surface area contributed by atoms with Crippen molar-refractivity contribution in [3.63, 3.8) is 0 Å². The summed E-state index contributed by atoms with van der Waals surface area (Å²) in [5, 5.41) is 5.25. The Morgan fingerprint density at radius 1 is 1.21 bits per heavy atom. The number of benzene rings is 2. The van der Waals surface area contributed by atoms with E-state index >= 15 is 0 Å². The molecule has 148 valence electrons. The normalized spacial score (nSPS) is 16.3. The van der Waals surface area contributed by atoms with Gasteiger partial charge in [-0.25, -0.2) is 4.98 Å². The molecule has 1 aromatic heterocycles. The highest BCUT2D eigenvalue weighted by molar-refractivity contribution is 9.10. The van der Waals surface area contributed by atoms with Crippen molar-refractivity contribution in [2.24, 2.45) is 5.73 Å². The van der Waals surface area contributed by atoms with Crippen LogP contribution in [0, 0.1) is 0 Å². The van der Waals surface area contributed by atoms with Crippen LogP contribution in [0.4, 0.5) is 22.2 Å². The highest BCUT2D eigenvalue weighted by atomic mass is 79.9. The maximum absolute atomic E-state index is 12.1. The number of thiazole rings is 1. The van der Waals surface area contributed by atoms with Gasteiger partial charge < -0.3 is 5.73 Å². The summed E-state index contributed by atoms with van der Waals surface area (Å²) < 4.78 is 0.952. The molecule has 0 spiro atoms. The Hall–Kier alpha value is -2.40. The van der Waals surface area contributed by atoms with Crippen LogP contribution < -0.4 is 20.9 Å². The first kappa shape index (κ1) is 19.9. The lowest BCUT2D eigenvalue weighted by molar-refractivity contribution is -0.116. The van der Waals surface area contributed by atoms with E-state index in [9.17, 15) is 9.59 Å². The first-order chi connectivity index (χ1) is 13.9. The van der Waals surface area contributed by atoms with Crippen LogP contribution in [0.15, 0.2) is 58.4 Å². The van der Waals surface area contributed by atoms with Crippen molar-refractivity contribution in [2.45, 2.75) is 5.50 Å². The van der Waals surface area contributed by atoms with Crippen LogP contribution in [0.5, 0.6) is 0 Å². The molecule has 3 N–H and O–H groups in total. The molecule has 1 aliphatic heterocycles. The summed E-state index contributed by atoms with van der Waals surface area (Å²) in [6, 6.07) is 15.3. The highest BCUT2D eigenvalue weighted by Crippen LogP contribution is 2.37. The molecule has 1 aliphatic rings. The van der Waals surface area contributed by atoms with Crippen LogP contribution >= 0.6 is 39.9 Å². The number of primary amides is 1. The van der Waals surface area contributed by atoms with Crippen molar-refractivity contribution in [1.29, 1.82) is 0 Å². The molecule has 1 unspecified atom stereocenters. The molecule has 1 atom stereocenters. The van der Waals surface area contributed by atoms with E-state index in [1.807, 2.05) is 53.4 Å². The number of nitrogens with two attached hydrogens (primary N) is 1. The third-order valence-corrected chi connectivity index (χ3v) is 6.12. The minimum absolute atomic E-state index is 0.0338. The number of rotatable bonds is 5. The van der Waals surface area contributed by atoms with Gasteiger partial charge in [-0.05, 0) is 48.5 Å². The van der Waals surface area contributed by atoms with Crippen molar-refractivity contribution >= 4 is 73.9 Å². The van der Waals surface area contributed by atoms with Gasteiger partial charge in [0.25, 0.3) is 5.91 Å². The van der Waals surface area contributed by atoms with E-state index in [2.05, 4.69) is 38.9 Å². The van der Waals surface area contributed by atoms with E-state index < -0.39 is 5.91 Å². The molecule has 7 nitrogen and oxygen atoms in total. The number of hydrogen-bond acceptors (Lipinski definition) is 7. The number of amides is 2. The largest absolute Gasteiger partial charge is 0.364 e. The van der Waals surface area contributed by atoms with Crippen LogP contribution in [0.25, 0.3) is 0 Å². The maximum Gasteiger partial charge on any atom is 0.268 e. The number of carbonyl (C=O) groups is 2. The number of hydrogen-bond donors (Lipinski definition) is 3. The van der Waals surface area contributed by atoms with E-state index in [1.165, 1.54) is 11.3 Å². The zero-order chi connectivity index (χ0) is 20.5. The fraction of sp³-hybridized carbons (Fsp3) is 0.105. The van der Waals surface area contributed by atoms with Gasteiger partial charge in [0.15, 0.2) is 5.13 Å². The minimum Gasteiger partial charge on any atom is -0.364 e. The van der Waals surface area contributed by atoms with Crippen LogP contribution in [0.3, 0.4) is 0 Å². The number of nitrogens with zero attached hydrogens (tertiary/aromatic N) is 3. The van der Waals surface area contributed by atoms with E-state index in [-0.39, 0.29) is 23.6 Å². The average Bonchev–Trinajstić information content (AvgIpc) is 3.32. The van der Waals surface area contributed by atoms with Gasteiger partial charge in [-0.3, -0.25) is 24.7 Å². The molecule has 2 heterocycles. The predicted molar refractivity (Wildman–Crippen MR) is 121 cm³/mol. The first-order valence-corrected chi connectivity index (χ1v) is 10.8. The van der Waals surface area contributed by atoms with Crippen molar-refractivity contribution in [1.82, 2.24) is 10.3 Å². The molecule has 10 heteroatoms. The maximum atomic E-state index is 12.1. The lowest BCUT2D eigenvalue weighted by atomic mass is 10.2. The summed E-state index contributed by atoms with van der Waals surface area (Å²) in [7, 11) is 0. The van der Waals surface area contributed by atoms with Gasteiger partial charge in [-0.1, -0.05) is 15.9 Å². The zero-order valence-electron chi connectivity index (χ0n) is 14.9. The van der Waals surface area contributed by atoms with Gasteiger partial charge in [0, 0.05) is 26.9 Å². The lowest BCUT2D eigenvalue weighted by Crippen LogP contribution is -2.32. The summed E-state index contributed by atoms with van der Waals surface area (Å²) in [6.45, 7) is 0.260. The quantitative estimate of drug-likeness (QED) is 0.476. The van der Waals surface area contributed by atoms with Crippen molar-refractivity contribution < 1.29 is 9.59 Å². The Kier molecular flexibility index (Phi) is 5.59. The summed E-state index contributed by atoms with van der Waals surface area (Å²) in [5.41, 5.74) is 7.68. The molecule has 0 bridgehead atoms. The van der Waals surface area contributed by atoms with Gasteiger partial charge in [0.2, 0.25) is 5.91 Å². The molecule has 29 heavy (non-hydrogen) atoms. The number of nitrogens with one attached hydrogen (secondary N) is 1. The second-order valence-corrected chi connectivity index (χ2v) is 8.47. The van der Waals surface area contributed by atoms with Gasteiger partial charge in [-0.15, -0.1) is 24.0 Å². The zero-order valence-corrected chi connectivity index (χ0v) is 18.2. The summed E-state index contributed by atoms with van der Waals surface area (Å²) in [6.07, 6.45) is 0. The topological polar surface area (TPSA) is 91.6 Å². The van der Waals surface area contributed by atoms with Gasteiger partial charge in [-0.2, -0.15) is 0 Å². The van der Waals surface area contributed by atoms with Crippen molar-refractivity contribution in [2.75, 3.05) is 16.3 Å². The molecule has 2 aromatic carbocycles. The molecular weight excluding hydrogens is 474 g/mol. The van der Waals surface area contributed by atoms with E-state index in [1.54, 1.807) is 10.3 Å². The summed E-state index contributed by atoms with van der Waals surface area (Å²) >= 11 is 9.17. The van der Waals surface area contributed by atoms with Crippen molar-refractivity contribution in [3.05, 3.63) is 64.1 Å². The Balaban J connectivity index is 1.73. The Labute approximate surface area is 185 Å². The molecule has 4 rings (SSSR count). The second-order valence-electron chi connectivity index (χ2n) is 6.23. The number of halogens is 1. The smallest absolute Gasteiger partial charge is 0.268 e. The minimum atomic E-state index is -0.571. The van der Waals surface area contributed by atoms with Crippen LogP contribution in [-0.2, 0) is 4.79 Å². The summed E-state index contributed by atoms with van der Waals surface area (Å²) in [5.74, 6) is -0.605. The monoisotopic (exact) mass is 489 g/mol. The summed E-state index contributed by atoms with van der Waals surface area (Å²) in [4.78, 5) is 31.5. The van der Waals surface area contributed by atoms with Gasteiger partial charge in [0.05, 0.1) is 6.54 Å². The number of anilines is 4. The molecule has 0 aliphatic carbocycles. The fourth-order valence-corrected chi connectivity index (χ4v) is 4.45. The lowest BCUT2D eigenvalue weighted by Gasteiger charge is -2.24. The Morgan fingerprint density at radius 2 is 1.83 bits per heavy atom. The fourth-order valence-electron chi connectivity index (χ4n) is 2.98. The third-order valence-electron chi connectivity index (χ3n) is 4.36. The standard InChI is InChI=1S/C19H16BrN5O2S2/c20-11-1-3-12(4-2-11)24(19-23-15(10-29-19)17(21)27)13-5-7-14(8-6-13)25-16(26)9-22-18(25)28/h1-8,10,18,22,28H,9H2,(H2,21,27). The highest BCUT2D eigenvalue weighted by Gasteiger charge is 2.29. The molecule has 1 saturated heterocycles. The van der Waals surface area contributed by atoms with E-state index in [4.69, 9.17) is 5.73 Å². The molecule has 0 radical (unpaired) electrons. The molecular formula is C19H16BrN5O2S2. The van der Waals surface area contributed by atoms with Crippen LogP contribution in [0.2, 0.25) is 0 Å². The third kappa shape index (κ3) is 4.01. The number of aromatic nitrogens is 1. The number of carbonyl (C=O) groups excluding carboxylic acids is 2.